The summed E-state index contributed by atoms with van der Waals surface area (Å²) in [4.78, 5) is 13.3. The first-order valence-electron chi connectivity index (χ1n) is 8.80. The van der Waals surface area contributed by atoms with Crippen molar-refractivity contribution < 1.29 is 5.11 Å². The van der Waals surface area contributed by atoms with Gasteiger partial charge in [-0.05, 0) is 36.6 Å². The van der Waals surface area contributed by atoms with Gasteiger partial charge in [0.2, 0.25) is 5.78 Å². The van der Waals surface area contributed by atoms with Crippen LogP contribution in [0.4, 0.5) is 0 Å². The second-order valence-electron chi connectivity index (χ2n) is 6.66. The largest absolute Gasteiger partial charge is 0.396 e. The van der Waals surface area contributed by atoms with Crippen LogP contribution < -0.4 is 5.56 Å². The van der Waals surface area contributed by atoms with E-state index < -0.39 is 0 Å². The molecule has 0 spiro atoms. The number of aliphatic hydroxyl groups is 1. The quantitative estimate of drug-likeness (QED) is 0.539. The lowest BCUT2D eigenvalue weighted by Crippen LogP contribution is -2.22. The van der Waals surface area contributed by atoms with Crippen LogP contribution >= 0.6 is 11.8 Å². The molecule has 4 aromatic rings. The number of hydrogen-bond donors (Lipinski definition) is 1. The highest BCUT2D eigenvalue weighted by Gasteiger charge is 2.19. The van der Waals surface area contributed by atoms with E-state index in [4.69, 9.17) is 0 Å². The fourth-order valence-corrected chi connectivity index (χ4v) is 4.02. The summed E-state index contributed by atoms with van der Waals surface area (Å²) in [5.41, 5.74) is 2.46. The van der Waals surface area contributed by atoms with E-state index in [1.54, 1.807) is 4.57 Å². The molecule has 0 amide bonds. The average Bonchev–Trinajstić information content (AvgIpc) is 3.11. The van der Waals surface area contributed by atoms with Crippen molar-refractivity contribution in [2.45, 2.75) is 19.0 Å². The Labute approximate surface area is 160 Å². The Balaban J connectivity index is 2.04. The first kappa shape index (κ1) is 17.8. The van der Waals surface area contributed by atoms with Gasteiger partial charge in [0, 0.05) is 12.4 Å². The number of aromatic nitrogens is 4. The van der Waals surface area contributed by atoms with Crippen molar-refractivity contribution in [3.05, 3.63) is 64.4 Å². The van der Waals surface area contributed by atoms with Crippen LogP contribution in [-0.4, -0.2) is 36.6 Å². The van der Waals surface area contributed by atoms with Gasteiger partial charge in [0.05, 0.1) is 16.6 Å². The fourth-order valence-electron chi connectivity index (χ4n) is 3.07. The van der Waals surface area contributed by atoms with Crippen molar-refractivity contribution in [3.8, 4) is 5.69 Å². The van der Waals surface area contributed by atoms with Crippen LogP contribution in [0.15, 0.2) is 58.5 Å². The van der Waals surface area contributed by atoms with Crippen LogP contribution in [0.2, 0.25) is 0 Å². The second-order valence-corrected chi connectivity index (χ2v) is 7.65. The van der Waals surface area contributed by atoms with E-state index in [9.17, 15) is 9.90 Å². The molecule has 0 radical (unpaired) electrons. The first-order valence-corrected chi connectivity index (χ1v) is 9.79. The van der Waals surface area contributed by atoms with Crippen LogP contribution in [0, 0.1) is 12.8 Å². The van der Waals surface area contributed by atoms with Gasteiger partial charge in [-0.2, -0.15) is 0 Å². The molecule has 7 heteroatoms. The van der Waals surface area contributed by atoms with Crippen molar-refractivity contribution in [3.63, 3.8) is 0 Å². The fraction of sp³-hybridized carbons (Fsp3) is 0.250. The van der Waals surface area contributed by atoms with Gasteiger partial charge in [-0.1, -0.05) is 49.0 Å². The van der Waals surface area contributed by atoms with Crippen molar-refractivity contribution >= 4 is 28.4 Å². The zero-order chi connectivity index (χ0) is 19.0. The molecule has 0 aliphatic heterocycles. The maximum atomic E-state index is 13.3. The molecule has 2 aromatic carbocycles. The summed E-state index contributed by atoms with van der Waals surface area (Å²) in [5.74, 6) is 1.36. The van der Waals surface area contributed by atoms with E-state index in [0.717, 1.165) is 22.5 Å². The summed E-state index contributed by atoms with van der Waals surface area (Å²) in [6.45, 7) is 4.08. The number of aryl methyl sites for hydroxylation is 1. The van der Waals surface area contributed by atoms with Crippen LogP contribution in [0.3, 0.4) is 0 Å². The van der Waals surface area contributed by atoms with Crippen molar-refractivity contribution in [1.82, 2.24) is 19.2 Å². The molecule has 0 saturated heterocycles. The normalized spacial score (nSPS) is 12.7. The molecule has 0 fully saturated rings. The summed E-state index contributed by atoms with van der Waals surface area (Å²) in [6.07, 6.45) is 0. The zero-order valence-corrected chi connectivity index (χ0v) is 16.0. The number of benzene rings is 2. The predicted molar refractivity (Wildman–Crippen MR) is 108 cm³/mol. The summed E-state index contributed by atoms with van der Waals surface area (Å²) < 4.78 is 3.56. The highest BCUT2D eigenvalue weighted by atomic mass is 32.2. The van der Waals surface area contributed by atoms with E-state index in [1.807, 2.05) is 66.8 Å². The number of fused-ring (bicyclic) bond motifs is 3. The summed E-state index contributed by atoms with van der Waals surface area (Å²) in [6, 6.07) is 15.3. The number of aliphatic hydroxyl groups excluding tert-OH is 1. The molecule has 4 rings (SSSR count). The number of para-hydroxylation sites is 2. The molecule has 138 valence electrons. The number of thioether (sulfide) groups is 1. The van der Waals surface area contributed by atoms with E-state index in [0.29, 0.717) is 16.3 Å². The predicted octanol–water partition coefficient (Wildman–Crippen LogP) is 3.06. The minimum Gasteiger partial charge on any atom is -0.396 e. The SMILES string of the molecule is Cc1ccccc1-n1c(=O)c2ccccc2n2c(SCC(C)CO)nnc12. The minimum atomic E-state index is -0.111. The van der Waals surface area contributed by atoms with Gasteiger partial charge in [0.15, 0.2) is 5.16 Å². The smallest absolute Gasteiger partial charge is 0.267 e. The lowest BCUT2D eigenvalue weighted by molar-refractivity contribution is 0.250. The van der Waals surface area contributed by atoms with Crippen LogP contribution in [0.25, 0.3) is 22.4 Å². The second kappa shape index (κ2) is 7.17. The standard InChI is InChI=1S/C20H20N4O2S/c1-13(11-25)12-27-20-22-21-19-23(16-9-5-3-7-14(16)2)18(26)15-8-4-6-10-17(15)24(19)20/h3-10,13,25H,11-12H2,1-2H3. The Bertz CT molecular complexity index is 1180. The summed E-state index contributed by atoms with van der Waals surface area (Å²) in [5, 5.41) is 19.3. The number of hydrogen-bond acceptors (Lipinski definition) is 5. The van der Waals surface area contributed by atoms with Crippen molar-refractivity contribution in [1.29, 1.82) is 0 Å². The topological polar surface area (TPSA) is 72.4 Å². The molecule has 6 nitrogen and oxygen atoms in total. The highest BCUT2D eigenvalue weighted by Crippen LogP contribution is 2.25. The average molecular weight is 380 g/mol. The Morgan fingerprint density at radius 3 is 2.63 bits per heavy atom. The molecule has 27 heavy (non-hydrogen) atoms. The maximum absolute atomic E-state index is 13.3. The van der Waals surface area contributed by atoms with Gasteiger partial charge in [-0.15, -0.1) is 10.2 Å². The van der Waals surface area contributed by atoms with Gasteiger partial charge in [-0.25, -0.2) is 4.57 Å². The van der Waals surface area contributed by atoms with E-state index in [2.05, 4.69) is 10.2 Å². The van der Waals surface area contributed by atoms with Crippen LogP contribution in [0.5, 0.6) is 0 Å². The Hall–Kier alpha value is -2.64. The molecular formula is C20H20N4O2S. The van der Waals surface area contributed by atoms with Crippen molar-refractivity contribution in [2.75, 3.05) is 12.4 Å². The maximum Gasteiger partial charge on any atom is 0.267 e. The first-order chi connectivity index (χ1) is 13.1. The third-order valence-corrected chi connectivity index (χ3v) is 5.82. The highest BCUT2D eigenvalue weighted by molar-refractivity contribution is 7.99. The monoisotopic (exact) mass is 380 g/mol. The van der Waals surface area contributed by atoms with Gasteiger partial charge >= 0.3 is 0 Å². The summed E-state index contributed by atoms with van der Waals surface area (Å²) in [7, 11) is 0. The van der Waals surface area contributed by atoms with E-state index in [1.165, 1.54) is 11.8 Å². The number of nitrogens with zero attached hydrogens (tertiary/aromatic N) is 4. The molecule has 0 aliphatic rings. The molecule has 1 atom stereocenters. The molecule has 0 saturated carbocycles. The Morgan fingerprint density at radius 1 is 1.11 bits per heavy atom. The number of rotatable bonds is 5. The molecule has 1 unspecified atom stereocenters. The van der Waals surface area contributed by atoms with E-state index >= 15 is 0 Å². The third-order valence-electron chi connectivity index (χ3n) is 4.56. The molecule has 2 heterocycles. The molecule has 0 aliphatic carbocycles. The van der Waals surface area contributed by atoms with E-state index in [-0.39, 0.29) is 18.1 Å². The summed E-state index contributed by atoms with van der Waals surface area (Å²) >= 11 is 1.53. The van der Waals surface area contributed by atoms with Gasteiger partial charge in [0.25, 0.3) is 5.56 Å². The molecule has 2 aromatic heterocycles. The lowest BCUT2D eigenvalue weighted by atomic mass is 10.2. The van der Waals surface area contributed by atoms with Gasteiger partial charge < -0.3 is 5.11 Å². The zero-order valence-electron chi connectivity index (χ0n) is 15.2. The Morgan fingerprint density at radius 2 is 1.85 bits per heavy atom. The van der Waals surface area contributed by atoms with Gasteiger partial charge in [0.1, 0.15) is 0 Å². The third kappa shape index (κ3) is 3.02. The van der Waals surface area contributed by atoms with Crippen molar-refractivity contribution in [2.24, 2.45) is 5.92 Å². The Kier molecular flexibility index (Phi) is 4.72. The lowest BCUT2D eigenvalue weighted by Gasteiger charge is -2.13. The minimum absolute atomic E-state index is 0.111. The molecular weight excluding hydrogens is 360 g/mol. The molecule has 0 bridgehead atoms. The van der Waals surface area contributed by atoms with Crippen LogP contribution in [0.1, 0.15) is 12.5 Å². The molecule has 1 N–H and O–H groups in total. The van der Waals surface area contributed by atoms with Crippen LogP contribution in [-0.2, 0) is 0 Å². The van der Waals surface area contributed by atoms with Gasteiger partial charge in [-0.3, -0.25) is 9.20 Å².